The van der Waals surface area contributed by atoms with Crippen molar-refractivity contribution in [1.29, 1.82) is 0 Å². The maximum atomic E-state index is 13.5. The van der Waals surface area contributed by atoms with Gasteiger partial charge in [-0.15, -0.1) is 0 Å². The van der Waals surface area contributed by atoms with E-state index in [0.29, 0.717) is 11.9 Å². The molecule has 5 nitrogen and oxygen atoms in total. The first-order valence-electron chi connectivity index (χ1n) is 6.00. The molecule has 1 heterocycles. The summed E-state index contributed by atoms with van der Waals surface area (Å²) in [4.78, 5) is 3.91. The van der Waals surface area contributed by atoms with Crippen LogP contribution in [-0.4, -0.2) is 20.4 Å². The standard InChI is InChI=1S/C13H13F2N3O2S/c1-16-13-7-11(4-5-17-13)21(19,20)18-8-9-2-3-10(14)6-12(9)15/h2-7,18H,8H2,1H3,(H,16,17). The minimum absolute atomic E-state index is 0.00405. The first kappa shape index (κ1) is 15.3. The highest BCUT2D eigenvalue weighted by Crippen LogP contribution is 2.14. The number of hydrogen-bond donors (Lipinski definition) is 2. The van der Waals surface area contributed by atoms with E-state index in [2.05, 4.69) is 15.0 Å². The molecule has 0 amide bonds. The highest BCUT2D eigenvalue weighted by molar-refractivity contribution is 7.89. The molecule has 0 radical (unpaired) electrons. The predicted octanol–water partition coefficient (Wildman–Crippen LogP) is 1.88. The molecule has 2 aromatic rings. The molecule has 0 unspecified atom stereocenters. The number of halogens is 2. The Labute approximate surface area is 121 Å². The van der Waals surface area contributed by atoms with E-state index in [-0.39, 0.29) is 17.0 Å². The van der Waals surface area contributed by atoms with Gasteiger partial charge in [0.25, 0.3) is 0 Å². The summed E-state index contributed by atoms with van der Waals surface area (Å²) < 4.78 is 52.7. The zero-order chi connectivity index (χ0) is 15.5. The van der Waals surface area contributed by atoms with E-state index < -0.39 is 21.7 Å². The lowest BCUT2D eigenvalue weighted by atomic mass is 10.2. The summed E-state index contributed by atoms with van der Waals surface area (Å²) in [7, 11) is -2.20. The molecule has 0 fully saturated rings. The molecule has 8 heteroatoms. The fourth-order valence-corrected chi connectivity index (χ4v) is 2.66. The van der Waals surface area contributed by atoms with Crippen molar-refractivity contribution in [2.45, 2.75) is 11.4 Å². The SMILES string of the molecule is CNc1cc(S(=O)(=O)NCc2ccc(F)cc2F)ccn1. The second-order valence-corrected chi connectivity index (χ2v) is 5.95. The number of pyridine rings is 1. The Bertz CT molecular complexity index is 751. The van der Waals surface area contributed by atoms with Crippen LogP contribution in [0.1, 0.15) is 5.56 Å². The fourth-order valence-electron chi connectivity index (χ4n) is 1.64. The van der Waals surface area contributed by atoms with Crippen LogP contribution in [0.3, 0.4) is 0 Å². The van der Waals surface area contributed by atoms with E-state index in [9.17, 15) is 17.2 Å². The molecular weight excluding hydrogens is 300 g/mol. The summed E-state index contributed by atoms with van der Waals surface area (Å²) in [5, 5.41) is 2.72. The number of hydrogen-bond acceptors (Lipinski definition) is 4. The van der Waals surface area contributed by atoms with Gasteiger partial charge in [0.05, 0.1) is 4.90 Å². The zero-order valence-corrected chi connectivity index (χ0v) is 11.9. The minimum Gasteiger partial charge on any atom is -0.373 e. The van der Waals surface area contributed by atoms with Crippen LogP contribution in [0.2, 0.25) is 0 Å². The summed E-state index contributed by atoms with van der Waals surface area (Å²) in [6.07, 6.45) is 1.35. The highest BCUT2D eigenvalue weighted by atomic mass is 32.2. The van der Waals surface area contributed by atoms with Crippen LogP contribution in [0, 0.1) is 11.6 Å². The molecule has 0 saturated carbocycles. The minimum atomic E-state index is -3.81. The molecular formula is C13H13F2N3O2S. The van der Waals surface area contributed by atoms with Crippen molar-refractivity contribution < 1.29 is 17.2 Å². The second-order valence-electron chi connectivity index (χ2n) is 4.19. The molecule has 1 aromatic carbocycles. The maximum absolute atomic E-state index is 13.5. The van der Waals surface area contributed by atoms with Crippen LogP contribution in [0.25, 0.3) is 0 Å². The van der Waals surface area contributed by atoms with Crippen molar-refractivity contribution in [2.75, 3.05) is 12.4 Å². The summed E-state index contributed by atoms with van der Waals surface area (Å²) >= 11 is 0. The van der Waals surface area contributed by atoms with Crippen molar-refractivity contribution in [3.63, 3.8) is 0 Å². The van der Waals surface area contributed by atoms with Crippen LogP contribution in [0.5, 0.6) is 0 Å². The largest absolute Gasteiger partial charge is 0.373 e. The van der Waals surface area contributed by atoms with E-state index in [0.717, 1.165) is 6.07 Å². The van der Waals surface area contributed by atoms with Gasteiger partial charge in [0.15, 0.2) is 0 Å². The Morgan fingerprint density at radius 1 is 1.19 bits per heavy atom. The van der Waals surface area contributed by atoms with Gasteiger partial charge in [0.1, 0.15) is 17.5 Å². The number of benzene rings is 1. The van der Waals surface area contributed by atoms with Crippen molar-refractivity contribution in [1.82, 2.24) is 9.71 Å². The number of nitrogens with one attached hydrogen (secondary N) is 2. The Kier molecular flexibility index (Phi) is 4.49. The molecule has 0 spiro atoms. The second kappa shape index (κ2) is 6.15. The zero-order valence-electron chi connectivity index (χ0n) is 11.1. The van der Waals surface area contributed by atoms with E-state index in [1.54, 1.807) is 7.05 Å². The molecule has 2 N–H and O–H groups in total. The molecule has 0 aliphatic rings. The van der Waals surface area contributed by atoms with Gasteiger partial charge in [0.2, 0.25) is 10.0 Å². The number of aromatic nitrogens is 1. The van der Waals surface area contributed by atoms with Gasteiger partial charge in [0, 0.05) is 37.5 Å². The maximum Gasteiger partial charge on any atom is 0.241 e. The lowest BCUT2D eigenvalue weighted by molar-refractivity contribution is 0.562. The molecule has 1 aromatic heterocycles. The van der Waals surface area contributed by atoms with Gasteiger partial charge in [-0.3, -0.25) is 0 Å². The van der Waals surface area contributed by atoms with Crippen molar-refractivity contribution in [3.8, 4) is 0 Å². The number of anilines is 1. The van der Waals surface area contributed by atoms with E-state index >= 15 is 0 Å². The molecule has 0 aliphatic heterocycles. The third-order valence-corrected chi connectivity index (χ3v) is 4.16. The summed E-state index contributed by atoms with van der Waals surface area (Å²) in [6.45, 7) is -0.272. The Morgan fingerprint density at radius 3 is 2.62 bits per heavy atom. The van der Waals surface area contributed by atoms with Crippen LogP contribution in [0.15, 0.2) is 41.4 Å². The molecule has 0 saturated heterocycles. The van der Waals surface area contributed by atoms with Crippen molar-refractivity contribution in [3.05, 3.63) is 53.7 Å². The van der Waals surface area contributed by atoms with Crippen LogP contribution >= 0.6 is 0 Å². The molecule has 21 heavy (non-hydrogen) atoms. The molecule has 0 aliphatic carbocycles. The molecule has 0 atom stereocenters. The van der Waals surface area contributed by atoms with Gasteiger partial charge >= 0.3 is 0 Å². The third-order valence-electron chi connectivity index (χ3n) is 2.77. The average Bonchev–Trinajstić information content (AvgIpc) is 2.46. The highest BCUT2D eigenvalue weighted by Gasteiger charge is 2.15. The number of sulfonamides is 1. The Balaban J connectivity index is 2.17. The normalized spacial score (nSPS) is 11.4. The van der Waals surface area contributed by atoms with Gasteiger partial charge in [-0.05, 0) is 12.1 Å². The Hall–Kier alpha value is -2.06. The molecule has 2 rings (SSSR count). The van der Waals surface area contributed by atoms with Crippen molar-refractivity contribution in [2.24, 2.45) is 0 Å². The first-order chi connectivity index (χ1) is 9.92. The monoisotopic (exact) mass is 313 g/mol. The van der Waals surface area contributed by atoms with Crippen LogP contribution < -0.4 is 10.0 Å². The van der Waals surface area contributed by atoms with Crippen LogP contribution in [-0.2, 0) is 16.6 Å². The van der Waals surface area contributed by atoms with Crippen LogP contribution in [0.4, 0.5) is 14.6 Å². The van der Waals surface area contributed by atoms with Gasteiger partial charge in [-0.25, -0.2) is 26.9 Å². The van der Waals surface area contributed by atoms with Gasteiger partial charge in [-0.2, -0.15) is 0 Å². The number of nitrogens with zero attached hydrogens (tertiary/aromatic N) is 1. The first-order valence-corrected chi connectivity index (χ1v) is 7.48. The van der Waals surface area contributed by atoms with Gasteiger partial charge in [-0.1, -0.05) is 6.07 Å². The average molecular weight is 313 g/mol. The summed E-state index contributed by atoms with van der Waals surface area (Å²) in [5.74, 6) is -1.12. The van der Waals surface area contributed by atoms with Gasteiger partial charge < -0.3 is 5.32 Å². The molecule has 0 bridgehead atoms. The lowest BCUT2D eigenvalue weighted by Crippen LogP contribution is -2.24. The quantitative estimate of drug-likeness (QED) is 0.884. The number of rotatable bonds is 5. The molecule has 112 valence electrons. The fraction of sp³-hybridized carbons (Fsp3) is 0.154. The lowest BCUT2D eigenvalue weighted by Gasteiger charge is -2.08. The van der Waals surface area contributed by atoms with E-state index in [4.69, 9.17) is 0 Å². The summed E-state index contributed by atoms with van der Waals surface area (Å²) in [5.41, 5.74) is 0.0582. The predicted molar refractivity (Wildman–Crippen MR) is 74.2 cm³/mol. The van der Waals surface area contributed by atoms with E-state index in [1.807, 2.05) is 0 Å². The topological polar surface area (TPSA) is 71.1 Å². The third kappa shape index (κ3) is 3.73. The summed E-state index contributed by atoms with van der Waals surface area (Å²) in [6, 6.07) is 5.64. The smallest absolute Gasteiger partial charge is 0.241 e. The Morgan fingerprint density at radius 2 is 1.95 bits per heavy atom. The van der Waals surface area contributed by atoms with Crippen molar-refractivity contribution >= 4 is 15.8 Å². The van der Waals surface area contributed by atoms with E-state index in [1.165, 1.54) is 24.4 Å².